The third-order valence-corrected chi connectivity index (χ3v) is 1.99. The van der Waals surface area contributed by atoms with E-state index in [1.807, 2.05) is 26.0 Å². The highest BCUT2D eigenvalue weighted by Gasteiger charge is 2.09. The highest BCUT2D eigenvalue weighted by molar-refractivity contribution is 6.32. The maximum atomic E-state index is 5.49. The van der Waals surface area contributed by atoms with Crippen LogP contribution in [0.2, 0.25) is 0 Å². The van der Waals surface area contributed by atoms with Gasteiger partial charge in [-0.3, -0.25) is 0 Å². The molecular weight excluding hydrogens is 175 g/mol. The minimum absolute atomic E-state index is 0.217. The summed E-state index contributed by atoms with van der Waals surface area (Å²) in [5, 5.41) is 0. The van der Waals surface area contributed by atoms with Crippen LogP contribution in [0.1, 0.15) is 25.7 Å². The standard InChI is InChI=1S/C11H17BO2/c1-3-13-11(14-4-2)9-5-7-10(12)8-6-9/h5-8,11H,3-4,12H2,1-2H3. The average molecular weight is 192 g/mol. The Morgan fingerprint density at radius 3 is 2.00 bits per heavy atom. The fraction of sp³-hybridized carbons (Fsp3) is 0.455. The second-order valence-electron chi connectivity index (χ2n) is 3.15. The van der Waals surface area contributed by atoms with E-state index in [0.717, 1.165) is 5.56 Å². The summed E-state index contributed by atoms with van der Waals surface area (Å²) in [4.78, 5) is 0. The van der Waals surface area contributed by atoms with Crippen LogP contribution in [-0.4, -0.2) is 21.1 Å². The minimum atomic E-state index is -0.217. The van der Waals surface area contributed by atoms with Crippen LogP contribution in [0.4, 0.5) is 0 Å². The van der Waals surface area contributed by atoms with Gasteiger partial charge in [0.25, 0.3) is 0 Å². The normalized spacial score (nSPS) is 10.8. The van der Waals surface area contributed by atoms with Gasteiger partial charge in [-0.25, -0.2) is 0 Å². The van der Waals surface area contributed by atoms with Crippen LogP contribution in [0.3, 0.4) is 0 Å². The van der Waals surface area contributed by atoms with Crippen molar-refractivity contribution in [2.24, 2.45) is 0 Å². The Kier molecular flexibility index (Phi) is 4.70. The molecule has 0 fully saturated rings. The van der Waals surface area contributed by atoms with Gasteiger partial charge in [0.05, 0.1) is 0 Å². The Bertz CT molecular complexity index is 252. The zero-order valence-corrected chi connectivity index (χ0v) is 9.12. The molecule has 1 aromatic carbocycles. The zero-order chi connectivity index (χ0) is 10.4. The molecule has 0 atom stereocenters. The molecule has 0 aliphatic heterocycles. The molecule has 0 N–H and O–H groups in total. The number of hydrogen-bond donors (Lipinski definition) is 0. The van der Waals surface area contributed by atoms with E-state index in [-0.39, 0.29) is 6.29 Å². The summed E-state index contributed by atoms with van der Waals surface area (Å²) in [5.41, 5.74) is 2.33. The van der Waals surface area contributed by atoms with Crippen molar-refractivity contribution >= 4 is 13.3 Å². The van der Waals surface area contributed by atoms with E-state index < -0.39 is 0 Å². The van der Waals surface area contributed by atoms with Gasteiger partial charge >= 0.3 is 0 Å². The molecule has 1 rings (SSSR count). The summed E-state index contributed by atoms with van der Waals surface area (Å²) < 4.78 is 11.0. The minimum Gasteiger partial charge on any atom is -0.349 e. The van der Waals surface area contributed by atoms with Crippen LogP contribution >= 0.6 is 0 Å². The van der Waals surface area contributed by atoms with Crippen LogP contribution in [0.5, 0.6) is 0 Å². The van der Waals surface area contributed by atoms with Gasteiger partial charge in [-0.15, -0.1) is 0 Å². The summed E-state index contributed by atoms with van der Waals surface area (Å²) in [7, 11) is 2.07. The molecule has 1 aromatic rings. The fourth-order valence-electron chi connectivity index (χ4n) is 1.27. The van der Waals surface area contributed by atoms with Crippen molar-refractivity contribution in [2.75, 3.05) is 13.2 Å². The molecule has 3 heteroatoms. The lowest BCUT2D eigenvalue weighted by Crippen LogP contribution is -2.10. The maximum Gasteiger partial charge on any atom is 0.183 e. The van der Waals surface area contributed by atoms with Crippen molar-refractivity contribution in [2.45, 2.75) is 20.1 Å². The summed E-state index contributed by atoms with van der Waals surface area (Å²) in [5.74, 6) is 0. The molecule has 0 saturated carbocycles. The van der Waals surface area contributed by atoms with Gasteiger partial charge in [0.1, 0.15) is 7.85 Å². The number of benzene rings is 1. The number of rotatable bonds is 5. The molecule has 2 nitrogen and oxygen atoms in total. The van der Waals surface area contributed by atoms with Crippen molar-refractivity contribution in [1.82, 2.24) is 0 Å². The van der Waals surface area contributed by atoms with Crippen molar-refractivity contribution in [3.63, 3.8) is 0 Å². The molecule has 14 heavy (non-hydrogen) atoms. The second kappa shape index (κ2) is 5.84. The lowest BCUT2D eigenvalue weighted by atomic mass is 9.95. The van der Waals surface area contributed by atoms with Crippen LogP contribution in [0, 0.1) is 0 Å². The third-order valence-electron chi connectivity index (χ3n) is 1.99. The van der Waals surface area contributed by atoms with E-state index in [4.69, 9.17) is 9.47 Å². The monoisotopic (exact) mass is 192 g/mol. The van der Waals surface area contributed by atoms with Crippen molar-refractivity contribution in [3.05, 3.63) is 29.8 Å². The first-order chi connectivity index (χ1) is 6.77. The lowest BCUT2D eigenvalue weighted by molar-refractivity contribution is -0.140. The highest BCUT2D eigenvalue weighted by Crippen LogP contribution is 2.17. The summed E-state index contributed by atoms with van der Waals surface area (Å²) in [6, 6.07) is 8.23. The van der Waals surface area contributed by atoms with E-state index in [2.05, 4.69) is 20.0 Å². The van der Waals surface area contributed by atoms with E-state index in [1.54, 1.807) is 0 Å². The van der Waals surface area contributed by atoms with E-state index in [1.165, 1.54) is 5.46 Å². The Balaban J connectivity index is 2.71. The molecule has 0 amide bonds. The molecule has 0 bridgehead atoms. The Hall–Kier alpha value is -0.795. The third kappa shape index (κ3) is 3.16. The van der Waals surface area contributed by atoms with Crippen LogP contribution in [0.15, 0.2) is 24.3 Å². The van der Waals surface area contributed by atoms with Crippen molar-refractivity contribution in [1.29, 1.82) is 0 Å². The summed E-state index contributed by atoms with van der Waals surface area (Å²) >= 11 is 0. The quantitative estimate of drug-likeness (QED) is 0.512. The fourth-order valence-corrected chi connectivity index (χ4v) is 1.27. The van der Waals surface area contributed by atoms with Crippen molar-refractivity contribution in [3.8, 4) is 0 Å². The highest BCUT2D eigenvalue weighted by atomic mass is 16.7. The number of ether oxygens (including phenoxy) is 2. The van der Waals surface area contributed by atoms with Gasteiger partial charge in [-0.05, 0) is 13.8 Å². The molecule has 0 radical (unpaired) electrons. The molecule has 0 heterocycles. The predicted molar refractivity (Wildman–Crippen MR) is 60.6 cm³/mol. The molecule has 0 spiro atoms. The first-order valence-electron chi connectivity index (χ1n) is 5.07. The Morgan fingerprint density at radius 1 is 1.07 bits per heavy atom. The van der Waals surface area contributed by atoms with Crippen LogP contribution in [0.25, 0.3) is 0 Å². The first-order valence-corrected chi connectivity index (χ1v) is 5.07. The van der Waals surface area contributed by atoms with Gasteiger partial charge in [0.15, 0.2) is 6.29 Å². The summed E-state index contributed by atoms with van der Waals surface area (Å²) in [6.07, 6.45) is -0.217. The first kappa shape index (κ1) is 11.3. The average Bonchev–Trinajstić information content (AvgIpc) is 2.19. The van der Waals surface area contributed by atoms with Gasteiger partial charge in [-0.2, -0.15) is 0 Å². The molecule has 0 aromatic heterocycles. The topological polar surface area (TPSA) is 18.5 Å². The van der Waals surface area contributed by atoms with Gasteiger partial charge in [0.2, 0.25) is 0 Å². The van der Waals surface area contributed by atoms with Gasteiger partial charge < -0.3 is 9.47 Å². The SMILES string of the molecule is Bc1ccc(C(OCC)OCC)cc1. The lowest BCUT2D eigenvalue weighted by Gasteiger charge is -2.17. The van der Waals surface area contributed by atoms with Gasteiger partial charge in [-0.1, -0.05) is 29.7 Å². The predicted octanol–water partition coefficient (Wildman–Crippen LogP) is 1.02. The largest absolute Gasteiger partial charge is 0.349 e. The molecule has 0 aliphatic rings. The molecule has 0 aliphatic carbocycles. The maximum absolute atomic E-state index is 5.49. The van der Waals surface area contributed by atoms with Crippen LogP contribution < -0.4 is 5.46 Å². The molecule has 0 saturated heterocycles. The molecule has 0 unspecified atom stereocenters. The Labute approximate surface area is 86.6 Å². The summed E-state index contributed by atoms with van der Waals surface area (Å²) in [6.45, 7) is 5.28. The molecular formula is C11H17BO2. The van der Waals surface area contributed by atoms with Crippen LogP contribution in [-0.2, 0) is 9.47 Å². The molecule has 76 valence electrons. The second-order valence-corrected chi connectivity index (χ2v) is 3.15. The zero-order valence-electron chi connectivity index (χ0n) is 9.12. The Morgan fingerprint density at radius 2 is 1.57 bits per heavy atom. The smallest absolute Gasteiger partial charge is 0.183 e. The van der Waals surface area contributed by atoms with E-state index in [0.29, 0.717) is 13.2 Å². The van der Waals surface area contributed by atoms with Gasteiger partial charge in [0, 0.05) is 18.8 Å². The number of hydrogen-bond acceptors (Lipinski definition) is 2. The van der Waals surface area contributed by atoms with E-state index in [9.17, 15) is 0 Å². The van der Waals surface area contributed by atoms with Crippen molar-refractivity contribution < 1.29 is 9.47 Å². The van der Waals surface area contributed by atoms with E-state index >= 15 is 0 Å².